The second-order valence-corrected chi connectivity index (χ2v) is 10.6. The SMILES string of the molecule is COc1cc(COC2CN(C(=O)[O-])CCC2c2ccc(OCCCCOc3ccccc3)cc2)c(OC)c2ccccc12. The molecule has 5 rings (SSSR count). The third kappa shape index (κ3) is 7.51. The largest absolute Gasteiger partial charge is 0.530 e. The third-order valence-electron chi connectivity index (χ3n) is 7.86. The average molecular weight is 585 g/mol. The van der Waals surface area contributed by atoms with Crippen LogP contribution in [-0.4, -0.2) is 57.6 Å². The molecule has 0 bridgehead atoms. The van der Waals surface area contributed by atoms with E-state index in [-0.39, 0.29) is 25.2 Å². The monoisotopic (exact) mass is 584 g/mol. The van der Waals surface area contributed by atoms with Crippen LogP contribution in [0.25, 0.3) is 10.8 Å². The number of carboxylic acid groups (broad SMARTS) is 1. The molecule has 0 spiro atoms. The van der Waals surface area contributed by atoms with Gasteiger partial charge >= 0.3 is 0 Å². The fraction of sp³-hybridized carbons (Fsp3) is 0.343. The van der Waals surface area contributed by atoms with Gasteiger partial charge < -0.3 is 38.5 Å². The van der Waals surface area contributed by atoms with Crippen LogP contribution in [0.2, 0.25) is 0 Å². The first-order valence-corrected chi connectivity index (χ1v) is 14.7. The van der Waals surface area contributed by atoms with Crippen molar-refractivity contribution < 1.29 is 33.6 Å². The summed E-state index contributed by atoms with van der Waals surface area (Å²) in [4.78, 5) is 13.0. The number of carbonyl (C=O) groups excluding carboxylic acids is 1. The molecule has 1 aliphatic heterocycles. The molecule has 0 N–H and O–H groups in total. The molecular weight excluding hydrogens is 546 g/mol. The number of amides is 1. The van der Waals surface area contributed by atoms with E-state index in [9.17, 15) is 9.90 Å². The maximum absolute atomic E-state index is 11.7. The minimum Gasteiger partial charge on any atom is -0.530 e. The second-order valence-electron chi connectivity index (χ2n) is 10.6. The van der Waals surface area contributed by atoms with E-state index >= 15 is 0 Å². The molecule has 1 fully saturated rings. The lowest BCUT2D eigenvalue weighted by molar-refractivity contribution is -0.268. The second kappa shape index (κ2) is 14.6. The Morgan fingerprint density at radius 3 is 2.14 bits per heavy atom. The van der Waals surface area contributed by atoms with Crippen molar-refractivity contribution in [3.05, 3.63) is 96.1 Å². The van der Waals surface area contributed by atoms with Crippen molar-refractivity contribution in [1.29, 1.82) is 0 Å². The number of carbonyl (C=O) groups is 1. The number of hydrogen-bond acceptors (Lipinski definition) is 7. The van der Waals surface area contributed by atoms with Gasteiger partial charge in [0.2, 0.25) is 0 Å². The van der Waals surface area contributed by atoms with E-state index in [4.69, 9.17) is 23.7 Å². The van der Waals surface area contributed by atoms with Crippen LogP contribution in [0.3, 0.4) is 0 Å². The van der Waals surface area contributed by atoms with Crippen molar-refractivity contribution in [2.75, 3.05) is 40.5 Å². The lowest BCUT2D eigenvalue weighted by Gasteiger charge is -2.40. The Hall–Kier alpha value is -4.43. The van der Waals surface area contributed by atoms with E-state index in [2.05, 4.69) is 0 Å². The molecule has 2 unspecified atom stereocenters. The summed E-state index contributed by atoms with van der Waals surface area (Å²) in [6, 6.07) is 27.6. The summed E-state index contributed by atoms with van der Waals surface area (Å²) in [5.41, 5.74) is 1.91. The van der Waals surface area contributed by atoms with E-state index in [1.165, 1.54) is 4.90 Å². The number of benzene rings is 4. The Morgan fingerprint density at radius 1 is 0.837 bits per heavy atom. The number of methoxy groups -OCH3 is 2. The number of ether oxygens (including phenoxy) is 5. The van der Waals surface area contributed by atoms with Crippen molar-refractivity contribution in [3.63, 3.8) is 0 Å². The van der Waals surface area contributed by atoms with Gasteiger partial charge in [0.25, 0.3) is 0 Å². The number of para-hydroxylation sites is 1. The van der Waals surface area contributed by atoms with E-state index in [0.29, 0.717) is 31.9 Å². The van der Waals surface area contributed by atoms with Crippen molar-refractivity contribution in [2.45, 2.75) is 37.9 Å². The Morgan fingerprint density at radius 2 is 1.49 bits per heavy atom. The van der Waals surface area contributed by atoms with Gasteiger partial charge in [-0.25, -0.2) is 0 Å². The predicted molar refractivity (Wildman–Crippen MR) is 163 cm³/mol. The zero-order valence-electron chi connectivity index (χ0n) is 24.7. The normalized spacial score (nSPS) is 16.6. The topological polar surface area (TPSA) is 89.5 Å². The lowest BCUT2D eigenvalue weighted by atomic mass is 9.87. The van der Waals surface area contributed by atoms with Gasteiger partial charge in [-0.05, 0) is 55.2 Å². The van der Waals surface area contributed by atoms with Crippen LogP contribution in [-0.2, 0) is 11.3 Å². The molecule has 0 radical (unpaired) electrons. The van der Waals surface area contributed by atoms with Gasteiger partial charge in [-0.2, -0.15) is 0 Å². The van der Waals surface area contributed by atoms with Gasteiger partial charge in [0, 0.05) is 35.3 Å². The standard InChI is InChI=1S/C35H39NO7/c1-39-32-22-26(34(40-2)31-13-7-6-12-30(31)32)24-43-33-23-36(35(37)38)19-18-29(33)25-14-16-28(17-15-25)42-21-9-8-20-41-27-10-4-3-5-11-27/h3-7,10-17,22,29,33H,8-9,18-21,23-24H2,1-2H3,(H,37,38)/p-1. The van der Waals surface area contributed by atoms with Gasteiger partial charge in [-0.3, -0.25) is 0 Å². The highest BCUT2D eigenvalue weighted by atomic mass is 16.5. The first kappa shape index (κ1) is 30.0. The third-order valence-corrected chi connectivity index (χ3v) is 7.86. The zero-order chi connectivity index (χ0) is 30.0. The molecule has 0 aromatic heterocycles. The van der Waals surface area contributed by atoms with Gasteiger partial charge in [-0.15, -0.1) is 0 Å². The molecule has 0 saturated carbocycles. The minimum absolute atomic E-state index is 0.00753. The Balaban J connectivity index is 1.21. The van der Waals surface area contributed by atoms with Crippen LogP contribution in [0.4, 0.5) is 4.79 Å². The van der Waals surface area contributed by atoms with Crippen molar-refractivity contribution in [1.82, 2.24) is 4.90 Å². The maximum atomic E-state index is 11.7. The number of likely N-dealkylation sites (tertiary alicyclic amines) is 1. The van der Waals surface area contributed by atoms with Gasteiger partial charge in [-0.1, -0.05) is 54.6 Å². The summed E-state index contributed by atoms with van der Waals surface area (Å²) in [6.07, 6.45) is 0.852. The molecule has 1 amide bonds. The number of rotatable bonds is 13. The molecule has 8 heteroatoms. The first-order valence-electron chi connectivity index (χ1n) is 14.7. The molecule has 1 aliphatic rings. The predicted octanol–water partition coefficient (Wildman–Crippen LogP) is 5.81. The van der Waals surface area contributed by atoms with E-state index < -0.39 is 6.09 Å². The maximum Gasteiger partial charge on any atom is 0.137 e. The number of fused-ring (bicyclic) bond motifs is 1. The van der Waals surface area contributed by atoms with Crippen LogP contribution in [0, 0.1) is 0 Å². The van der Waals surface area contributed by atoms with Crippen LogP contribution < -0.4 is 24.1 Å². The van der Waals surface area contributed by atoms with Crippen LogP contribution in [0.1, 0.15) is 36.3 Å². The van der Waals surface area contributed by atoms with Crippen molar-refractivity contribution in [3.8, 4) is 23.0 Å². The summed E-state index contributed by atoms with van der Waals surface area (Å²) in [6.45, 7) is 2.11. The Labute approximate surface area is 252 Å². The smallest absolute Gasteiger partial charge is 0.137 e. The van der Waals surface area contributed by atoms with E-state index in [1.54, 1.807) is 14.2 Å². The van der Waals surface area contributed by atoms with Crippen molar-refractivity contribution in [2.24, 2.45) is 0 Å². The summed E-state index contributed by atoms with van der Waals surface area (Å²) >= 11 is 0. The number of hydrogen-bond donors (Lipinski definition) is 0. The van der Waals surface area contributed by atoms with Gasteiger partial charge in [0.1, 0.15) is 29.1 Å². The Bertz CT molecular complexity index is 1480. The highest BCUT2D eigenvalue weighted by molar-refractivity contribution is 5.94. The zero-order valence-corrected chi connectivity index (χ0v) is 24.7. The van der Waals surface area contributed by atoms with Gasteiger partial charge in [0.15, 0.2) is 0 Å². The minimum atomic E-state index is -1.19. The molecule has 1 saturated heterocycles. The number of piperidine rings is 1. The highest BCUT2D eigenvalue weighted by Gasteiger charge is 2.32. The fourth-order valence-electron chi connectivity index (χ4n) is 5.63. The quantitative estimate of drug-likeness (QED) is 0.183. The van der Waals surface area contributed by atoms with E-state index in [1.807, 2.05) is 84.9 Å². The summed E-state index contributed by atoms with van der Waals surface area (Å²) in [5, 5.41) is 13.6. The molecule has 2 atom stereocenters. The number of unbranched alkanes of at least 4 members (excludes halogenated alkanes) is 1. The highest BCUT2D eigenvalue weighted by Crippen LogP contribution is 2.38. The van der Waals surface area contributed by atoms with Crippen LogP contribution in [0.15, 0.2) is 84.9 Å². The summed E-state index contributed by atoms with van der Waals surface area (Å²) in [5.74, 6) is 3.13. The van der Waals surface area contributed by atoms with Crippen LogP contribution >= 0.6 is 0 Å². The fourth-order valence-corrected chi connectivity index (χ4v) is 5.63. The molecule has 8 nitrogen and oxygen atoms in total. The molecule has 1 heterocycles. The summed E-state index contributed by atoms with van der Waals surface area (Å²) in [7, 11) is 3.28. The van der Waals surface area contributed by atoms with Gasteiger partial charge in [0.05, 0.1) is 40.1 Å². The molecule has 43 heavy (non-hydrogen) atoms. The van der Waals surface area contributed by atoms with Crippen LogP contribution in [0.5, 0.6) is 23.0 Å². The van der Waals surface area contributed by atoms with E-state index in [0.717, 1.165) is 52.0 Å². The average Bonchev–Trinajstić information content (AvgIpc) is 3.05. The Kier molecular flexibility index (Phi) is 10.2. The lowest BCUT2D eigenvalue weighted by Crippen LogP contribution is -2.51. The molecule has 226 valence electrons. The summed E-state index contributed by atoms with van der Waals surface area (Å²) < 4.78 is 29.6. The molecule has 4 aromatic rings. The molecule has 0 aliphatic carbocycles. The van der Waals surface area contributed by atoms with Crippen molar-refractivity contribution >= 4 is 16.9 Å². The molecular formula is C35H38NO7-. The number of nitrogens with zero attached hydrogens (tertiary/aromatic N) is 1. The first-order chi connectivity index (χ1) is 21.1. The molecule has 4 aromatic carbocycles.